The Hall–Kier alpha value is -0.870. The molecule has 2 saturated heterocycles. The van der Waals surface area contributed by atoms with Gasteiger partial charge in [-0.1, -0.05) is 12.2 Å². The van der Waals surface area contributed by atoms with Gasteiger partial charge in [0.1, 0.15) is 0 Å². The maximum atomic E-state index is 12.1. The molecule has 2 fully saturated rings. The fraction of sp³-hybridized carbons (Fsp3) is 0.842. The Morgan fingerprint density at radius 1 is 1.26 bits per heavy atom. The average Bonchev–Trinajstić information content (AvgIpc) is 2.59. The summed E-state index contributed by atoms with van der Waals surface area (Å²) >= 11 is 0. The number of piperidine rings is 2. The second kappa shape index (κ2) is 7.80. The van der Waals surface area contributed by atoms with Gasteiger partial charge in [-0.15, -0.1) is 0 Å². The molecular weight excluding hydrogens is 288 g/mol. The minimum atomic E-state index is 0.323. The molecule has 0 aromatic carbocycles. The summed E-state index contributed by atoms with van der Waals surface area (Å²) in [6.07, 6.45) is 12.9. The van der Waals surface area contributed by atoms with Crippen molar-refractivity contribution in [2.75, 3.05) is 46.4 Å². The molecule has 1 amide bonds. The van der Waals surface area contributed by atoms with E-state index in [1.54, 1.807) is 7.11 Å². The fourth-order valence-electron chi connectivity index (χ4n) is 4.51. The van der Waals surface area contributed by atoms with Crippen molar-refractivity contribution in [3.05, 3.63) is 12.2 Å². The summed E-state index contributed by atoms with van der Waals surface area (Å²) < 4.78 is 5.16. The Bertz CT molecular complexity index is 427. The van der Waals surface area contributed by atoms with Gasteiger partial charge in [0.25, 0.3) is 0 Å². The summed E-state index contributed by atoms with van der Waals surface area (Å²) in [7, 11) is 1.71. The summed E-state index contributed by atoms with van der Waals surface area (Å²) in [5.41, 5.74) is 0.380. The lowest BCUT2D eigenvalue weighted by atomic mass is 9.72. The van der Waals surface area contributed by atoms with Crippen LogP contribution in [0.5, 0.6) is 0 Å². The first-order chi connectivity index (χ1) is 11.2. The summed E-state index contributed by atoms with van der Waals surface area (Å²) in [6, 6.07) is 0. The predicted octanol–water partition coefficient (Wildman–Crippen LogP) is 2.69. The van der Waals surface area contributed by atoms with Gasteiger partial charge in [-0.2, -0.15) is 0 Å². The smallest absolute Gasteiger partial charge is 0.222 e. The second-order valence-corrected chi connectivity index (χ2v) is 7.76. The highest BCUT2D eigenvalue weighted by molar-refractivity contribution is 5.77. The SMILES string of the molecule is COCCN1CC2(CCC1=O)CCN(CC1CC=CCC1)CC2. The molecule has 3 aliphatic rings. The maximum absolute atomic E-state index is 12.1. The summed E-state index contributed by atoms with van der Waals surface area (Å²) in [5.74, 6) is 1.18. The van der Waals surface area contributed by atoms with E-state index in [0.717, 1.165) is 31.8 Å². The average molecular weight is 320 g/mol. The van der Waals surface area contributed by atoms with Gasteiger partial charge in [0.15, 0.2) is 0 Å². The largest absolute Gasteiger partial charge is 0.383 e. The van der Waals surface area contributed by atoms with Gasteiger partial charge in [-0.25, -0.2) is 0 Å². The molecule has 0 bridgehead atoms. The van der Waals surface area contributed by atoms with Crippen LogP contribution in [0.3, 0.4) is 0 Å². The van der Waals surface area contributed by atoms with Crippen LogP contribution < -0.4 is 0 Å². The number of allylic oxidation sites excluding steroid dienone is 2. The van der Waals surface area contributed by atoms with Crippen LogP contribution in [-0.4, -0.2) is 62.1 Å². The number of likely N-dealkylation sites (tertiary alicyclic amines) is 2. The van der Waals surface area contributed by atoms with Crippen LogP contribution in [0.4, 0.5) is 0 Å². The molecule has 0 N–H and O–H groups in total. The topological polar surface area (TPSA) is 32.8 Å². The van der Waals surface area contributed by atoms with E-state index in [4.69, 9.17) is 4.74 Å². The van der Waals surface area contributed by atoms with Crippen LogP contribution in [0.1, 0.15) is 44.9 Å². The Kier molecular flexibility index (Phi) is 5.76. The van der Waals surface area contributed by atoms with Crippen molar-refractivity contribution in [3.63, 3.8) is 0 Å². The first kappa shape index (κ1) is 17.0. The zero-order valence-corrected chi connectivity index (χ0v) is 14.6. The minimum absolute atomic E-state index is 0.323. The number of amides is 1. The number of ether oxygens (including phenoxy) is 1. The zero-order valence-electron chi connectivity index (χ0n) is 14.6. The lowest BCUT2D eigenvalue weighted by Gasteiger charge is -2.48. The molecule has 1 unspecified atom stereocenters. The molecule has 130 valence electrons. The van der Waals surface area contributed by atoms with Gasteiger partial charge >= 0.3 is 0 Å². The highest BCUT2D eigenvalue weighted by atomic mass is 16.5. The molecule has 0 aromatic heterocycles. The van der Waals surface area contributed by atoms with Gasteiger partial charge in [0.2, 0.25) is 5.91 Å². The van der Waals surface area contributed by atoms with Crippen molar-refractivity contribution >= 4 is 5.91 Å². The molecule has 3 rings (SSSR count). The number of rotatable bonds is 5. The molecule has 0 radical (unpaired) electrons. The number of nitrogens with zero attached hydrogens (tertiary/aromatic N) is 2. The normalized spacial score (nSPS) is 28.5. The highest BCUT2D eigenvalue weighted by Crippen LogP contribution is 2.40. The molecule has 4 nitrogen and oxygen atoms in total. The van der Waals surface area contributed by atoms with E-state index >= 15 is 0 Å². The van der Waals surface area contributed by atoms with Gasteiger partial charge in [0.05, 0.1) is 6.61 Å². The third-order valence-electron chi connectivity index (χ3n) is 6.12. The summed E-state index contributed by atoms with van der Waals surface area (Å²) in [4.78, 5) is 16.8. The van der Waals surface area contributed by atoms with Crippen molar-refractivity contribution in [1.82, 2.24) is 9.80 Å². The van der Waals surface area contributed by atoms with Gasteiger partial charge in [-0.05, 0) is 62.9 Å². The van der Waals surface area contributed by atoms with E-state index in [1.807, 2.05) is 0 Å². The van der Waals surface area contributed by atoms with Crippen molar-refractivity contribution < 1.29 is 9.53 Å². The first-order valence-electron chi connectivity index (χ1n) is 9.35. The van der Waals surface area contributed by atoms with E-state index < -0.39 is 0 Å². The molecule has 1 atom stereocenters. The van der Waals surface area contributed by atoms with Gasteiger partial charge in [-0.3, -0.25) is 4.79 Å². The van der Waals surface area contributed by atoms with E-state index in [2.05, 4.69) is 22.0 Å². The van der Waals surface area contributed by atoms with Crippen LogP contribution in [0.25, 0.3) is 0 Å². The van der Waals surface area contributed by atoms with Crippen LogP contribution in [0, 0.1) is 11.3 Å². The molecule has 2 aliphatic heterocycles. The van der Waals surface area contributed by atoms with Crippen LogP contribution >= 0.6 is 0 Å². The lowest BCUT2D eigenvalue weighted by Crippen LogP contribution is -2.52. The quantitative estimate of drug-likeness (QED) is 0.730. The van der Waals surface area contributed by atoms with Gasteiger partial charge < -0.3 is 14.5 Å². The Labute approximate surface area is 140 Å². The summed E-state index contributed by atoms with van der Waals surface area (Å²) in [5, 5.41) is 0. The van der Waals surface area contributed by atoms with Crippen molar-refractivity contribution in [1.29, 1.82) is 0 Å². The Morgan fingerprint density at radius 2 is 2.09 bits per heavy atom. The minimum Gasteiger partial charge on any atom is -0.383 e. The number of hydrogen-bond acceptors (Lipinski definition) is 3. The van der Waals surface area contributed by atoms with Crippen LogP contribution in [-0.2, 0) is 9.53 Å². The van der Waals surface area contributed by atoms with Crippen LogP contribution in [0.2, 0.25) is 0 Å². The molecule has 0 aromatic rings. The first-order valence-corrected chi connectivity index (χ1v) is 9.35. The van der Waals surface area contributed by atoms with Crippen molar-refractivity contribution in [2.24, 2.45) is 11.3 Å². The van der Waals surface area contributed by atoms with Crippen molar-refractivity contribution in [3.8, 4) is 0 Å². The third kappa shape index (κ3) is 4.36. The van der Waals surface area contributed by atoms with Gasteiger partial charge in [0, 0.05) is 33.2 Å². The Morgan fingerprint density at radius 3 is 2.78 bits per heavy atom. The summed E-state index contributed by atoms with van der Waals surface area (Å²) in [6.45, 7) is 6.07. The monoisotopic (exact) mass is 320 g/mol. The standard InChI is InChI=1S/C19H32N2O2/c1-23-14-13-21-16-19(8-7-18(21)22)9-11-20(12-10-19)15-17-5-3-2-4-6-17/h2-3,17H,4-16H2,1H3. The lowest BCUT2D eigenvalue weighted by molar-refractivity contribution is -0.140. The highest BCUT2D eigenvalue weighted by Gasteiger charge is 2.40. The molecule has 2 heterocycles. The maximum Gasteiger partial charge on any atom is 0.222 e. The molecular formula is C19H32N2O2. The van der Waals surface area contributed by atoms with E-state index in [9.17, 15) is 4.79 Å². The second-order valence-electron chi connectivity index (χ2n) is 7.76. The van der Waals surface area contributed by atoms with Crippen molar-refractivity contribution in [2.45, 2.75) is 44.9 Å². The molecule has 0 saturated carbocycles. The predicted molar refractivity (Wildman–Crippen MR) is 92.3 cm³/mol. The number of carbonyl (C=O) groups excluding carboxylic acids is 1. The fourth-order valence-corrected chi connectivity index (χ4v) is 4.51. The number of carbonyl (C=O) groups is 1. The van der Waals surface area contributed by atoms with Crippen LogP contribution in [0.15, 0.2) is 12.2 Å². The molecule has 1 spiro atoms. The van der Waals surface area contributed by atoms with E-state index in [-0.39, 0.29) is 0 Å². The number of methoxy groups -OCH3 is 1. The van der Waals surface area contributed by atoms with E-state index in [1.165, 1.54) is 51.7 Å². The molecule has 23 heavy (non-hydrogen) atoms. The molecule has 1 aliphatic carbocycles. The molecule has 4 heteroatoms. The Balaban J connectivity index is 1.48. The third-order valence-corrected chi connectivity index (χ3v) is 6.12. The zero-order chi connectivity index (χ0) is 16.1. The van der Waals surface area contributed by atoms with E-state index in [0.29, 0.717) is 17.9 Å². The number of hydrogen-bond donors (Lipinski definition) is 0.